The van der Waals surface area contributed by atoms with Crippen LogP contribution in [0.15, 0.2) is 0 Å². The first-order chi connectivity index (χ1) is 5.68. The molecule has 0 atom stereocenters. The zero-order valence-corrected chi connectivity index (χ0v) is 9.19. The molecule has 2 nitrogen and oxygen atoms in total. The molecule has 0 aromatic heterocycles. The first-order valence-electron chi connectivity index (χ1n) is 4.48. The second kappa shape index (κ2) is 2.69. The van der Waals surface area contributed by atoms with E-state index in [0.717, 1.165) is 0 Å². The lowest BCUT2D eigenvalue weighted by molar-refractivity contribution is -0.224. The smallest absolute Gasteiger partial charge is 0.185 e. The highest BCUT2D eigenvalue weighted by atomic mass is 79.9. The molecule has 0 heterocycles. The maximum atomic E-state index is 5.57. The zero-order chi connectivity index (χ0) is 8.82. The minimum absolute atomic E-state index is 0.0914. The topological polar surface area (TPSA) is 18.5 Å². The normalized spacial score (nSPS) is 43.8. The molecule has 2 bridgehead atoms. The SMILES string of the molecule is COC1(OC)C2CCC1(Br)CC2. The van der Waals surface area contributed by atoms with Crippen LogP contribution in [0.1, 0.15) is 25.7 Å². The summed E-state index contributed by atoms with van der Waals surface area (Å²) >= 11 is 3.78. The van der Waals surface area contributed by atoms with Gasteiger partial charge in [0.15, 0.2) is 5.79 Å². The molecule has 2 aliphatic carbocycles. The number of rotatable bonds is 2. The molecule has 2 aliphatic rings. The monoisotopic (exact) mass is 234 g/mol. The Bertz CT molecular complexity index is 181. The summed E-state index contributed by atoms with van der Waals surface area (Å²) in [5, 5.41) is 0. The van der Waals surface area contributed by atoms with Gasteiger partial charge in [-0.25, -0.2) is 0 Å². The van der Waals surface area contributed by atoms with E-state index in [-0.39, 0.29) is 10.1 Å². The minimum atomic E-state index is -0.340. The van der Waals surface area contributed by atoms with E-state index in [1.54, 1.807) is 14.2 Å². The third kappa shape index (κ3) is 0.824. The van der Waals surface area contributed by atoms with Crippen molar-refractivity contribution in [1.29, 1.82) is 0 Å². The number of hydrogen-bond acceptors (Lipinski definition) is 2. The van der Waals surface area contributed by atoms with Crippen molar-refractivity contribution < 1.29 is 9.47 Å². The number of hydrogen-bond donors (Lipinski definition) is 0. The maximum Gasteiger partial charge on any atom is 0.185 e. The molecule has 2 rings (SSSR count). The Morgan fingerprint density at radius 3 is 1.83 bits per heavy atom. The van der Waals surface area contributed by atoms with Crippen LogP contribution in [0.2, 0.25) is 0 Å². The summed E-state index contributed by atoms with van der Waals surface area (Å²) in [6.07, 6.45) is 4.82. The lowest BCUT2D eigenvalue weighted by Crippen LogP contribution is -2.47. The van der Waals surface area contributed by atoms with Gasteiger partial charge in [-0.05, 0) is 25.7 Å². The third-order valence-electron chi connectivity index (χ3n) is 3.55. The highest BCUT2D eigenvalue weighted by Gasteiger charge is 2.64. The van der Waals surface area contributed by atoms with Crippen molar-refractivity contribution in [3.8, 4) is 0 Å². The Balaban J connectivity index is 2.34. The van der Waals surface area contributed by atoms with E-state index in [4.69, 9.17) is 9.47 Å². The maximum absolute atomic E-state index is 5.57. The van der Waals surface area contributed by atoms with E-state index in [9.17, 15) is 0 Å². The standard InChI is InChI=1S/C9H15BrO2/c1-11-9(12-2)7-3-5-8(9,10)6-4-7/h7H,3-6H2,1-2H3. The summed E-state index contributed by atoms with van der Waals surface area (Å²) in [5.41, 5.74) is 0. The molecule has 0 spiro atoms. The summed E-state index contributed by atoms with van der Waals surface area (Å²) < 4.78 is 11.2. The van der Waals surface area contributed by atoms with Crippen LogP contribution >= 0.6 is 15.9 Å². The van der Waals surface area contributed by atoms with Crippen molar-refractivity contribution >= 4 is 15.9 Å². The van der Waals surface area contributed by atoms with Crippen molar-refractivity contribution in [2.45, 2.75) is 35.8 Å². The highest BCUT2D eigenvalue weighted by Crippen LogP contribution is 2.61. The van der Waals surface area contributed by atoms with Crippen molar-refractivity contribution in [2.24, 2.45) is 5.92 Å². The van der Waals surface area contributed by atoms with Gasteiger partial charge in [-0.3, -0.25) is 0 Å². The van der Waals surface area contributed by atoms with E-state index in [2.05, 4.69) is 15.9 Å². The largest absolute Gasteiger partial charge is 0.352 e. The van der Waals surface area contributed by atoms with Gasteiger partial charge in [0, 0.05) is 20.1 Å². The van der Waals surface area contributed by atoms with Crippen LogP contribution in [-0.2, 0) is 9.47 Å². The van der Waals surface area contributed by atoms with E-state index in [0.29, 0.717) is 5.92 Å². The summed E-state index contributed by atoms with van der Waals surface area (Å²) in [7, 11) is 3.51. The Morgan fingerprint density at radius 1 is 1.17 bits per heavy atom. The summed E-state index contributed by atoms with van der Waals surface area (Å²) in [5.74, 6) is 0.249. The summed E-state index contributed by atoms with van der Waals surface area (Å²) in [4.78, 5) is 0. The minimum Gasteiger partial charge on any atom is -0.352 e. The van der Waals surface area contributed by atoms with E-state index in [1.165, 1.54) is 25.7 Å². The highest BCUT2D eigenvalue weighted by molar-refractivity contribution is 9.10. The van der Waals surface area contributed by atoms with Gasteiger partial charge < -0.3 is 9.47 Å². The molecule has 70 valence electrons. The number of ether oxygens (including phenoxy) is 2. The molecule has 0 aromatic carbocycles. The lowest BCUT2D eigenvalue weighted by atomic mass is 10.0. The van der Waals surface area contributed by atoms with Crippen LogP contribution in [-0.4, -0.2) is 24.3 Å². The van der Waals surface area contributed by atoms with Gasteiger partial charge in [0.25, 0.3) is 0 Å². The molecule has 12 heavy (non-hydrogen) atoms. The molecule has 0 amide bonds. The van der Waals surface area contributed by atoms with Gasteiger partial charge in [0.1, 0.15) is 0 Å². The fourth-order valence-electron chi connectivity index (χ4n) is 2.95. The molecule has 3 heteroatoms. The van der Waals surface area contributed by atoms with Gasteiger partial charge in [-0.2, -0.15) is 0 Å². The van der Waals surface area contributed by atoms with Gasteiger partial charge >= 0.3 is 0 Å². The fraction of sp³-hybridized carbons (Fsp3) is 1.00. The molecule has 2 saturated carbocycles. The summed E-state index contributed by atoms with van der Waals surface area (Å²) in [6, 6.07) is 0. The average molecular weight is 235 g/mol. The molecule has 0 saturated heterocycles. The van der Waals surface area contributed by atoms with E-state index >= 15 is 0 Å². The molecule has 0 aromatic rings. The Labute approximate surface area is 81.7 Å². The van der Waals surface area contributed by atoms with Crippen molar-refractivity contribution in [3.63, 3.8) is 0 Å². The first kappa shape index (κ1) is 8.97. The Hall–Kier alpha value is 0.400. The van der Waals surface area contributed by atoms with Gasteiger partial charge in [-0.15, -0.1) is 0 Å². The zero-order valence-electron chi connectivity index (χ0n) is 7.60. The second-order valence-electron chi connectivity index (χ2n) is 3.82. The average Bonchev–Trinajstić information content (AvgIpc) is 2.52. The van der Waals surface area contributed by atoms with Crippen LogP contribution in [0.4, 0.5) is 0 Å². The fourth-order valence-corrected chi connectivity index (χ4v) is 4.06. The molecule has 2 fully saturated rings. The molecule has 0 N–H and O–H groups in total. The quantitative estimate of drug-likeness (QED) is 0.540. The predicted molar refractivity (Wildman–Crippen MR) is 50.4 cm³/mol. The Kier molecular flexibility index (Phi) is 2.01. The number of fused-ring (bicyclic) bond motifs is 2. The summed E-state index contributed by atoms with van der Waals surface area (Å²) in [6.45, 7) is 0. The molecule has 0 unspecified atom stereocenters. The van der Waals surface area contributed by atoms with Gasteiger partial charge in [0.2, 0.25) is 0 Å². The molecular formula is C9H15BrO2. The van der Waals surface area contributed by atoms with Gasteiger partial charge in [0.05, 0.1) is 4.32 Å². The molecular weight excluding hydrogens is 220 g/mol. The van der Waals surface area contributed by atoms with Crippen LogP contribution in [0, 0.1) is 5.92 Å². The lowest BCUT2D eigenvalue weighted by Gasteiger charge is -2.36. The number of methoxy groups -OCH3 is 2. The van der Waals surface area contributed by atoms with Crippen LogP contribution < -0.4 is 0 Å². The van der Waals surface area contributed by atoms with Crippen LogP contribution in [0.25, 0.3) is 0 Å². The number of alkyl halides is 1. The van der Waals surface area contributed by atoms with Crippen LogP contribution in [0.5, 0.6) is 0 Å². The van der Waals surface area contributed by atoms with E-state index < -0.39 is 0 Å². The molecule has 0 radical (unpaired) electrons. The van der Waals surface area contributed by atoms with Crippen molar-refractivity contribution in [3.05, 3.63) is 0 Å². The first-order valence-corrected chi connectivity index (χ1v) is 5.27. The predicted octanol–water partition coefficient (Wildman–Crippen LogP) is 2.31. The van der Waals surface area contributed by atoms with Crippen molar-refractivity contribution in [2.75, 3.05) is 14.2 Å². The second-order valence-corrected chi connectivity index (χ2v) is 5.33. The van der Waals surface area contributed by atoms with E-state index in [1.807, 2.05) is 0 Å². The van der Waals surface area contributed by atoms with Crippen LogP contribution in [0.3, 0.4) is 0 Å². The third-order valence-corrected chi connectivity index (χ3v) is 4.89. The number of halogens is 1. The molecule has 0 aliphatic heterocycles. The van der Waals surface area contributed by atoms with Crippen molar-refractivity contribution in [1.82, 2.24) is 0 Å². The Morgan fingerprint density at radius 2 is 1.67 bits per heavy atom. The van der Waals surface area contributed by atoms with Gasteiger partial charge in [-0.1, -0.05) is 15.9 Å².